The second kappa shape index (κ2) is 11.6. The highest BCUT2D eigenvalue weighted by Gasteiger charge is 2.33. The Morgan fingerprint density at radius 3 is 2.49 bits per heavy atom. The van der Waals surface area contributed by atoms with E-state index in [9.17, 15) is 9.59 Å². The van der Waals surface area contributed by atoms with Crippen LogP contribution in [0.15, 0.2) is 93.9 Å². The molecular formula is C30H24Cl2N2O4S. The summed E-state index contributed by atoms with van der Waals surface area (Å²) in [6, 6.07) is 21.2. The number of carbonyl (C=O) groups excluding carboxylic acids is 1. The molecule has 0 saturated carbocycles. The third kappa shape index (κ3) is 5.71. The summed E-state index contributed by atoms with van der Waals surface area (Å²) in [5, 5.41) is 0.824. The van der Waals surface area contributed by atoms with Crippen molar-refractivity contribution in [2.45, 2.75) is 26.5 Å². The Hall–Kier alpha value is -3.65. The first-order chi connectivity index (χ1) is 18.9. The minimum Gasteiger partial charge on any atom is -0.494 e. The Morgan fingerprint density at radius 2 is 1.79 bits per heavy atom. The first-order valence-electron chi connectivity index (χ1n) is 12.3. The van der Waals surface area contributed by atoms with Gasteiger partial charge in [-0.2, -0.15) is 0 Å². The van der Waals surface area contributed by atoms with Gasteiger partial charge in [0, 0.05) is 0 Å². The number of carbonyl (C=O) groups is 1. The number of nitrogens with zero attached hydrogens (tertiary/aromatic N) is 2. The molecule has 4 aromatic rings. The van der Waals surface area contributed by atoms with Crippen molar-refractivity contribution in [1.82, 2.24) is 4.57 Å². The molecule has 198 valence electrons. The number of benzene rings is 3. The molecule has 1 atom stereocenters. The molecule has 0 fully saturated rings. The topological polar surface area (TPSA) is 69.9 Å². The van der Waals surface area contributed by atoms with Crippen LogP contribution in [0.5, 0.6) is 5.75 Å². The fourth-order valence-corrected chi connectivity index (χ4v) is 5.72. The molecule has 0 saturated heterocycles. The third-order valence-corrected chi connectivity index (χ3v) is 7.92. The van der Waals surface area contributed by atoms with Crippen LogP contribution in [0.25, 0.3) is 6.08 Å². The van der Waals surface area contributed by atoms with Gasteiger partial charge in [-0.25, -0.2) is 9.79 Å². The fourth-order valence-electron chi connectivity index (χ4n) is 4.37. The first kappa shape index (κ1) is 26.9. The zero-order valence-electron chi connectivity index (χ0n) is 21.2. The average molecular weight is 580 g/mol. The Bertz CT molecular complexity index is 1740. The molecule has 1 aliphatic rings. The maximum Gasteiger partial charge on any atom is 0.338 e. The molecule has 0 radical (unpaired) electrons. The molecule has 5 rings (SSSR count). The van der Waals surface area contributed by atoms with Crippen molar-refractivity contribution in [1.29, 1.82) is 0 Å². The third-order valence-electron chi connectivity index (χ3n) is 6.20. The number of hydrogen-bond acceptors (Lipinski definition) is 6. The highest BCUT2D eigenvalue weighted by atomic mass is 35.5. The van der Waals surface area contributed by atoms with Crippen LogP contribution in [-0.4, -0.2) is 17.1 Å². The standard InChI is InChI=1S/C30H24Cl2N2O4S/c1-3-37-22-12-10-21(11-13-22)27-26(29(36)38-17-19-7-5-4-6-8-19)18(2)33-30-34(27)28(35)25(39-30)16-20-9-14-23(31)24(32)15-20/h4-16,27H,3,17H2,1-2H3/b25-16+. The molecule has 39 heavy (non-hydrogen) atoms. The van der Waals surface area contributed by atoms with Crippen LogP contribution in [0.2, 0.25) is 10.0 Å². The number of thiazole rings is 1. The highest BCUT2D eigenvalue weighted by molar-refractivity contribution is 7.07. The second-order valence-corrected chi connectivity index (χ2v) is 10.6. The van der Waals surface area contributed by atoms with Gasteiger partial charge in [0.2, 0.25) is 0 Å². The number of ether oxygens (including phenoxy) is 2. The molecule has 0 N–H and O–H groups in total. The highest BCUT2D eigenvalue weighted by Crippen LogP contribution is 2.32. The van der Waals surface area contributed by atoms with Crippen molar-refractivity contribution in [3.05, 3.63) is 130 Å². The lowest BCUT2D eigenvalue weighted by Gasteiger charge is -2.25. The number of halogens is 2. The van der Waals surface area contributed by atoms with Crippen LogP contribution in [0.1, 0.15) is 36.6 Å². The van der Waals surface area contributed by atoms with Crippen LogP contribution in [-0.2, 0) is 16.1 Å². The monoisotopic (exact) mass is 578 g/mol. The molecule has 1 aliphatic heterocycles. The van der Waals surface area contributed by atoms with Crippen molar-refractivity contribution in [3.63, 3.8) is 0 Å². The zero-order valence-corrected chi connectivity index (χ0v) is 23.5. The predicted molar refractivity (Wildman–Crippen MR) is 154 cm³/mol. The van der Waals surface area contributed by atoms with E-state index in [-0.39, 0.29) is 12.2 Å². The Balaban J connectivity index is 1.61. The van der Waals surface area contributed by atoms with E-state index in [0.717, 1.165) is 16.7 Å². The SMILES string of the molecule is CCOc1ccc(C2C(C(=O)OCc3ccccc3)=C(C)N=c3s/c(=C/c4ccc(Cl)c(Cl)c4)c(=O)n32)cc1. The van der Waals surface area contributed by atoms with Crippen LogP contribution < -0.4 is 19.6 Å². The second-order valence-electron chi connectivity index (χ2n) is 8.82. The Labute approximate surface area is 239 Å². The van der Waals surface area contributed by atoms with Gasteiger partial charge >= 0.3 is 5.97 Å². The van der Waals surface area contributed by atoms with E-state index in [2.05, 4.69) is 4.99 Å². The lowest BCUT2D eigenvalue weighted by Crippen LogP contribution is -2.39. The van der Waals surface area contributed by atoms with Gasteiger partial charge < -0.3 is 9.47 Å². The van der Waals surface area contributed by atoms with Gasteiger partial charge in [-0.05, 0) is 60.9 Å². The number of hydrogen-bond donors (Lipinski definition) is 0. The van der Waals surface area contributed by atoms with Crippen LogP contribution >= 0.6 is 34.5 Å². The smallest absolute Gasteiger partial charge is 0.338 e. The van der Waals surface area contributed by atoms with Gasteiger partial charge in [0.15, 0.2) is 4.80 Å². The summed E-state index contributed by atoms with van der Waals surface area (Å²) < 4.78 is 13.3. The Morgan fingerprint density at radius 1 is 1.05 bits per heavy atom. The van der Waals surface area contributed by atoms with Gasteiger partial charge in [0.25, 0.3) is 5.56 Å². The van der Waals surface area contributed by atoms with Crippen molar-refractivity contribution in [3.8, 4) is 5.75 Å². The largest absolute Gasteiger partial charge is 0.494 e. The van der Waals surface area contributed by atoms with Crippen LogP contribution in [0.3, 0.4) is 0 Å². The summed E-state index contributed by atoms with van der Waals surface area (Å²) in [6.07, 6.45) is 1.74. The maximum absolute atomic E-state index is 13.8. The zero-order chi connectivity index (χ0) is 27.5. The molecule has 3 aromatic carbocycles. The van der Waals surface area contributed by atoms with E-state index < -0.39 is 12.0 Å². The van der Waals surface area contributed by atoms with E-state index in [1.165, 1.54) is 11.3 Å². The van der Waals surface area contributed by atoms with E-state index >= 15 is 0 Å². The maximum atomic E-state index is 13.8. The van der Waals surface area contributed by atoms with Gasteiger partial charge in [0.05, 0.1) is 38.5 Å². The van der Waals surface area contributed by atoms with E-state index in [1.54, 1.807) is 35.8 Å². The molecule has 6 nitrogen and oxygen atoms in total. The molecule has 0 amide bonds. The van der Waals surface area contributed by atoms with Crippen molar-refractivity contribution >= 4 is 46.6 Å². The van der Waals surface area contributed by atoms with Gasteiger partial charge in [-0.15, -0.1) is 0 Å². The molecule has 1 unspecified atom stereocenters. The van der Waals surface area contributed by atoms with Gasteiger partial charge in [0.1, 0.15) is 12.4 Å². The number of rotatable bonds is 7. The minimum absolute atomic E-state index is 0.105. The molecule has 0 aliphatic carbocycles. The summed E-state index contributed by atoms with van der Waals surface area (Å²) in [6.45, 7) is 4.30. The molecular weight excluding hydrogens is 555 g/mol. The number of allylic oxidation sites excluding steroid dienone is 1. The lowest BCUT2D eigenvalue weighted by atomic mass is 9.96. The van der Waals surface area contributed by atoms with Crippen molar-refractivity contribution in [2.75, 3.05) is 6.61 Å². The summed E-state index contributed by atoms with van der Waals surface area (Å²) in [5.41, 5.74) is 2.86. The molecule has 0 bridgehead atoms. The number of aromatic nitrogens is 1. The molecule has 2 heterocycles. The van der Waals surface area contributed by atoms with Crippen LogP contribution in [0, 0.1) is 0 Å². The van der Waals surface area contributed by atoms with E-state index in [0.29, 0.717) is 43.0 Å². The fraction of sp³-hybridized carbons (Fsp3) is 0.167. The normalized spacial score (nSPS) is 15.1. The number of fused-ring (bicyclic) bond motifs is 1. The quantitative estimate of drug-likeness (QED) is 0.264. The summed E-state index contributed by atoms with van der Waals surface area (Å²) in [5.74, 6) is 0.167. The first-order valence-corrected chi connectivity index (χ1v) is 13.8. The van der Waals surface area contributed by atoms with Crippen molar-refractivity contribution < 1.29 is 14.3 Å². The number of esters is 1. The lowest BCUT2D eigenvalue weighted by molar-refractivity contribution is -0.140. The van der Waals surface area contributed by atoms with Gasteiger partial charge in [-0.1, -0.05) is 83.1 Å². The molecule has 0 spiro atoms. The van der Waals surface area contributed by atoms with Crippen molar-refractivity contribution in [2.24, 2.45) is 4.99 Å². The summed E-state index contributed by atoms with van der Waals surface area (Å²) in [4.78, 5) is 32.4. The Kier molecular flexibility index (Phi) is 8.02. The average Bonchev–Trinajstić information content (AvgIpc) is 3.24. The summed E-state index contributed by atoms with van der Waals surface area (Å²) >= 11 is 13.5. The van der Waals surface area contributed by atoms with E-state index in [4.69, 9.17) is 32.7 Å². The molecule has 9 heteroatoms. The molecule has 1 aromatic heterocycles. The van der Waals surface area contributed by atoms with Crippen LogP contribution in [0.4, 0.5) is 0 Å². The van der Waals surface area contributed by atoms with E-state index in [1.807, 2.05) is 61.5 Å². The van der Waals surface area contributed by atoms with Gasteiger partial charge in [-0.3, -0.25) is 9.36 Å². The minimum atomic E-state index is -0.726. The summed E-state index contributed by atoms with van der Waals surface area (Å²) in [7, 11) is 0. The predicted octanol–water partition coefficient (Wildman–Crippen LogP) is 5.68.